The van der Waals surface area contributed by atoms with Gasteiger partial charge >= 0.3 is 5.97 Å². The van der Waals surface area contributed by atoms with E-state index in [4.69, 9.17) is 14.6 Å². The molecule has 2 rings (SSSR count). The molecule has 1 unspecified atom stereocenters. The van der Waals surface area contributed by atoms with E-state index in [2.05, 4.69) is 0 Å². The molecule has 0 fully saturated rings. The highest BCUT2D eigenvalue weighted by molar-refractivity contribution is 5.74. The van der Waals surface area contributed by atoms with Crippen LogP contribution in [-0.4, -0.2) is 22.0 Å². The highest BCUT2D eigenvalue weighted by Crippen LogP contribution is 2.40. The van der Waals surface area contributed by atoms with Crippen LogP contribution in [0, 0.1) is 0 Å². The summed E-state index contributed by atoms with van der Waals surface area (Å²) in [7, 11) is 0. The van der Waals surface area contributed by atoms with Crippen LogP contribution in [0.25, 0.3) is 0 Å². The molecule has 86 valence electrons. The van der Waals surface area contributed by atoms with Crippen LogP contribution in [0.1, 0.15) is 25.5 Å². The monoisotopic (exact) mass is 224 g/mol. The van der Waals surface area contributed by atoms with Crippen LogP contribution >= 0.6 is 0 Å². The molecule has 5 heteroatoms. The number of hydrogen-bond acceptors (Lipinski definition) is 4. The average molecular weight is 224 g/mol. The molecule has 0 amide bonds. The summed E-state index contributed by atoms with van der Waals surface area (Å²) in [5.74, 6) is -1.05. The van der Waals surface area contributed by atoms with Gasteiger partial charge in [-0.05, 0) is 17.7 Å². The molecule has 1 aromatic rings. The largest absolute Gasteiger partial charge is 0.479 e. The topological polar surface area (TPSA) is 76.0 Å². The Balaban J connectivity index is 2.32. The molecule has 1 heterocycles. The third-order valence-corrected chi connectivity index (χ3v) is 2.23. The van der Waals surface area contributed by atoms with Crippen LogP contribution in [0.5, 0.6) is 11.5 Å². The Hall–Kier alpha value is -1.75. The Morgan fingerprint density at radius 2 is 1.94 bits per heavy atom. The van der Waals surface area contributed by atoms with Gasteiger partial charge in [-0.2, -0.15) is 0 Å². The van der Waals surface area contributed by atoms with Crippen molar-refractivity contribution in [2.45, 2.75) is 25.7 Å². The summed E-state index contributed by atoms with van der Waals surface area (Å²) >= 11 is 0. The van der Waals surface area contributed by atoms with Crippen LogP contribution in [0.15, 0.2) is 18.2 Å². The van der Waals surface area contributed by atoms with E-state index in [1.165, 1.54) is 12.1 Å². The van der Waals surface area contributed by atoms with Gasteiger partial charge in [-0.25, -0.2) is 4.79 Å². The Morgan fingerprint density at radius 3 is 2.56 bits per heavy atom. The lowest BCUT2D eigenvalue weighted by Gasteiger charge is -2.16. The van der Waals surface area contributed by atoms with Gasteiger partial charge < -0.3 is 19.7 Å². The number of aliphatic hydroxyl groups excluding tert-OH is 1. The van der Waals surface area contributed by atoms with E-state index in [1.807, 2.05) is 0 Å². The second-order valence-electron chi connectivity index (χ2n) is 4.05. The number of rotatable bonds is 2. The zero-order valence-electron chi connectivity index (χ0n) is 8.93. The van der Waals surface area contributed by atoms with Crippen LogP contribution in [0.3, 0.4) is 0 Å². The van der Waals surface area contributed by atoms with Gasteiger partial charge in [-0.1, -0.05) is 6.07 Å². The Bertz CT molecular complexity index is 438. The molecule has 0 saturated carbocycles. The van der Waals surface area contributed by atoms with E-state index in [1.54, 1.807) is 19.9 Å². The van der Waals surface area contributed by atoms with Gasteiger partial charge in [0, 0.05) is 13.8 Å². The Labute approximate surface area is 92.2 Å². The number of aliphatic carboxylic acids is 1. The number of fused-ring (bicyclic) bond motifs is 1. The third-order valence-electron chi connectivity index (χ3n) is 2.23. The van der Waals surface area contributed by atoms with Crippen molar-refractivity contribution in [3.8, 4) is 11.5 Å². The molecular formula is C11H12O5. The van der Waals surface area contributed by atoms with Gasteiger partial charge in [-0.15, -0.1) is 0 Å². The lowest BCUT2D eigenvalue weighted by atomic mass is 10.1. The van der Waals surface area contributed by atoms with Crippen molar-refractivity contribution in [2.24, 2.45) is 0 Å². The van der Waals surface area contributed by atoms with Crippen LogP contribution in [0.4, 0.5) is 0 Å². The zero-order chi connectivity index (χ0) is 11.9. The summed E-state index contributed by atoms with van der Waals surface area (Å²) in [4.78, 5) is 10.6. The summed E-state index contributed by atoms with van der Waals surface area (Å²) in [6.07, 6.45) is -1.54. The summed E-state index contributed by atoms with van der Waals surface area (Å²) in [5, 5.41) is 18.0. The first-order chi connectivity index (χ1) is 7.39. The van der Waals surface area contributed by atoms with Crippen molar-refractivity contribution >= 4 is 5.97 Å². The second kappa shape index (κ2) is 3.38. The average Bonchev–Trinajstić information content (AvgIpc) is 2.48. The van der Waals surface area contributed by atoms with Gasteiger partial charge in [-0.3, -0.25) is 0 Å². The molecule has 2 N–H and O–H groups in total. The van der Waals surface area contributed by atoms with Crippen molar-refractivity contribution in [1.29, 1.82) is 0 Å². The maximum atomic E-state index is 10.6. The van der Waals surface area contributed by atoms with E-state index in [0.717, 1.165) is 0 Å². The van der Waals surface area contributed by atoms with Gasteiger partial charge in [0.15, 0.2) is 17.6 Å². The van der Waals surface area contributed by atoms with Crippen molar-refractivity contribution in [3.05, 3.63) is 23.8 Å². The van der Waals surface area contributed by atoms with E-state index >= 15 is 0 Å². The maximum Gasteiger partial charge on any atom is 0.337 e. The minimum absolute atomic E-state index is 0.271. The first-order valence-corrected chi connectivity index (χ1v) is 4.82. The first-order valence-electron chi connectivity index (χ1n) is 4.82. The van der Waals surface area contributed by atoms with E-state index in [-0.39, 0.29) is 5.56 Å². The molecule has 1 aliphatic rings. The van der Waals surface area contributed by atoms with Gasteiger partial charge in [0.25, 0.3) is 0 Å². The minimum atomic E-state index is -1.54. The molecule has 16 heavy (non-hydrogen) atoms. The number of ether oxygens (including phenoxy) is 2. The molecule has 5 nitrogen and oxygen atoms in total. The maximum absolute atomic E-state index is 10.6. The van der Waals surface area contributed by atoms with Gasteiger partial charge in [0.1, 0.15) is 0 Å². The van der Waals surface area contributed by atoms with Crippen LogP contribution in [-0.2, 0) is 4.79 Å². The number of hydrogen-bond donors (Lipinski definition) is 2. The molecule has 0 aromatic heterocycles. The standard InChI is InChI=1S/C11H12O5/c1-11(2)15-7-4-3-6(5-8(7)16-11)9(12)10(13)14/h3-5,9,12H,1-2H3,(H,13,14). The van der Waals surface area contributed by atoms with Gasteiger partial charge in [0.05, 0.1) is 0 Å². The predicted octanol–water partition coefficient (Wildman–Crippen LogP) is 1.31. The highest BCUT2D eigenvalue weighted by Gasteiger charge is 2.32. The molecule has 0 aliphatic carbocycles. The lowest BCUT2D eigenvalue weighted by Crippen LogP contribution is -2.29. The number of benzene rings is 1. The third kappa shape index (κ3) is 1.81. The zero-order valence-corrected chi connectivity index (χ0v) is 8.93. The fraction of sp³-hybridized carbons (Fsp3) is 0.364. The van der Waals surface area contributed by atoms with Crippen LogP contribution < -0.4 is 9.47 Å². The Morgan fingerprint density at radius 1 is 1.31 bits per heavy atom. The highest BCUT2D eigenvalue weighted by atomic mass is 16.7. The fourth-order valence-electron chi connectivity index (χ4n) is 1.55. The van der Waals surface area contributed by atoms with Crippen molar-refractivity contribution in [3.63, 3.8) is 0 Å². The molecular weight excluding hydrogens is 212 g/mol. The lowest BCUT2D eigenvalue weighted by molar-refractivity contribution is -0.146. The number of carboxylic acids is 1. The molecule has 0 bridgehead atoms. The summed E-state index contributed by atoms with van der Waals surface area (Å²) < 4.78 is 10.9. The number of aliphatic hydroxyl groups is 1. The molecule has 1 aliphatic heterocycles. The van der Waals surface area contributed by atoms with E-state index in [0.29, 0.717) is 11.5 Å². The van der Waals surface area contributed by atoms with E-state index in [9.17, 15) is 9.90 Å². The van der Waals surface area contributed by atoms with E-state index < -0.39 is 17.9 Å². The SMILES string of the molecule is CC1(C)Oc2ccc(C(O)C(=O)O)cc2O1. The number of carboxylic acid groups (broad SMARTS) is 1. The fourth-order valence-corrected chi connectivity index (χ4v) is 1.55. The first kappa shape index (κ1) is 10.8. The molecule has 0 spiro atoms. The smallest absolute Gasteiger partial charge is 0.337 e. The Kier molecular flexibility index (Phi) is 2.27. The summed E-state index contributed by atoms with van der Waals surface area (Å²) in [6.45, 7) is 3.50. The van der Waals surface area contributed by atoms with Gasteiger partial charge in [0.2, 0.25) is 5.79 Å². The minimum Gasteiger partial charge on any atom is -0.479 e. The molecule has 0 radical (unpaired) electrons. The number of carbonyl (C=O) groups is 1. The summed E-state index contributed by atoms with van der Waals surface area (Å²) in [5.41, 5.74) is 0.271. The second-order valence-corrected chi connectivity index (χ2v) is 4.05. The molecule has 0 saturated heterocycles. The van der Waals surface area contributed by atoms with Crippen LogP contribution in [0.2, 0.25) is 0 Å². The van der Waals surface area contributed by atoms with Crippen molar-refractivity contribution in [1.82, 2.24) is 0 Å². The molecule has 1 atom stereocenters. The molecule has 1 aromatic carbocycles. The van der Waals surface area contributed by atoms with Crippen molar-refractivity contribution in [2.75, 3.05) is 0 Å². The normalized spacial score (nSPS) is 18.2. The predicted molar refractivity (Wildman–Crippen MR) is 54.4 cm³/mol. The van der Waals surface area contributed by atoms with Crippen molar-refractivity contribution < 1.29 is 24.5 Å². The summed E-state index contributed by atoms with van der Waals surface area (Å²) in [6, 6.07) is 4.57. The quantitative estimate of drug-likeness (QED) is 0.792.